The van der Waals surface area contributed by atoms with Crippen LogP contribution in [0, 0.1) is 0 Å². The smallest absolute Gasteiger partial charge is 0.221 e. The molecule has 0 spiro atoms. The van der Waals surface area contributed by atoms with Crippen LogP contribution in [0.4, 0.5) is 0 Å². The van der Waals surface area contributed by atoms with Gasteiger partial charge in [-0.1, -0.05) is 6.92 Å². The van der Waals surface area contributed by atoms with E-state index in [1.54, 1.807) is 0 Å². The maximum atomic E-state index is 11.4. The second-order valence-corrected chi connectivity index (χ2v) is 5.03. The van der Waals surface area contributed by atoms with Crippen LogP contribution in [0.2, 0.25) is 0 Å². The Morgan fingerprint density at radius 1 is 1.47 bits per heavy atom. The lowest BCUT2D eigenvalue weighted by Gasteiger charge is -2.44. The van der Waals surface area contributed by atoms with Crippen LogP contribution in [0.1, 0.15) is 51.9 Å². The van der Waals surface area contributed by atoms with Gasteiger partial charge in [-0.3, -0.25) is 4.79 Å². The standard InChI is InChI=1S/C12H22N2O/c1-2-12(6-4-7-12)14-10-5-3-8-13-11(15)9-10/h10,14H,2-9H2,1H3,(H,13,15). The van der Waals surface area contributed by atoms with Crippen LogP contribution in [-0.2, 0) is 4.79 Å². The Morgan fingerprint density at radius 2 is 2.27 bits per heavy atom. The Kier molecular flexibility index (Phi) is 3.29. The number of nitrogens with one attached hydrogen (secondary N) is 2. The minimum absolute atomic E-state index is 0.218. The molecule has 1 saturated heterocycles. The van der Waals surface area contributed by atoms with Crippen molar-refractivity contribution in [2.75, 3.05) is 6.54 Å². The third kappa shape index (κ3) is 2.51. The highest BCUT2D eigenvalue weighted by molar-refractivity contribution is 5.76. The molecule has 86 valence electrons. The highest BCUT2D eigenvalue weighted by Crippen LogP contribution is 2.35. The van der Waals surface area contributed by atoms with E-state index >= 15 is 0 Å². The Morgan fingerprint density at radius 3 is 2.87 bits per heavy atom. The van der Waals surface area contributed by atoms with Crippen molar-refractivity contribution in [3.8, 4) is 0 Å². The zero-order valence-electron chi connectivity index (χ0n) is 9.64. The molecule has 1 aliphatic heterocycles. The lowest BCUT2D eigenvalue weighted by Crippen LogP contribution is -2.55. The Bertz CT molecular complexity index is 230. The highest BCUT2D eigenvalue weighted by atomic mass is 16.1. The molecule has 1 atom stereocenters. The zero-order chi connectivity index (χ0) is 10.7. The number of hydrogen-bond donors (Lipinski definition) is 2. The van der Waals surface area contributed by atoms with E-state index in [0.29, 0.717) is 18.0 Å². The minimum Gasteiger partial charge on any atom is -0.356 e. The van der Waals surface area contributed by atoms with Gasteiger partial charge in [0, 0.05) is 24.5 Å². The largest absolute Gasteiger partial charge is 0.356 e. The van der Waals surface area contributed by atoms with E-state index in [1.165, 1.54) is 25.7 Å². The van der Waals surface area contributed by atoms with Crippen molar-refractivity contribution in [1.29, 1.82) is 0 Å². The van der Waals surface area contributed by atoms with Gasteiger partial charge in [0.05, 0.1) is 0 Å². The highest BCUT2D eigenvalue weighted by Gasteiger charge is 2.37. The van der Waals surface area contributed by atoms with Crippen LogP contribution in [0.5, 0.6) is 0 Å². The van der Waals surface area contributed by atoms with E-state index in [2.05, 4.69) is 17.6 Å². The number of carbonyl (C=O) groups is 1. The Labute approximate surface area is 92.0 Å². The summed E-state index contributed by atoms with van der Waals surface area (Å²) in [6.45, 7) is 3.11. The SMILES string of the molecule is CCC1(NC2CCCNC(=O)C2)CCC1. The van der Waals surface area contributed by atoms with Crippen LogP contribution in [0.3, 0.4) is 0 Å². The van der Waals surface area contributed by atoms with Crippen molar-refractivity contribution in [3.63, 3.8) is 0 Å². The lowest BCUT2D eigenvalue weighted by atomic mass is 9.74. The third-order valence-electron chi connectivity index (χ3n) is 3.98. The zero-order valence-corrected chi connectivity index (χ0v) is 9.64. The fourth-order valence-electron chi connectivity index (χ4n) is 2.73. The van der Waals surface area contributed by atoms with Gasteiger partial charge in [-0.15, -0.1) is 0 Å². The first-order valence-electron chi connectivity index (χ1n) is 6.28. The molecule has 0 bridgehead atoms. The minimum atomic E-state index is 0.218. The number of carbonyl (C=O) groups excluding carboxylic acids is 1. The first-order valence-corrected chi connectivity index (χ1v) is 6.28. The molecule has 1 unspecified atom stereocenters. The van der Waals surface area contributed by atoms with Gasteiger partial charge in [0.1, 0.15) is 0 Å². The number of rotatable bonds is 3. The Hall–Kier alpha value is -0.570. The van der Waals surface area contributed by atoms with Gasteiger partial charge in [0.25, 0.3) is 0 Å². The summed E-state index contributed by atoms with van der Waals surface area (Å²) in [5, 5.41) is 6.66. The molecule has 1 saturated carbocycles. The van der Waals surface area contributed by atoms with Crippen LogP contribution < -0.4 is 10.6 Å². The maximum Gasteiger partial charge on any atom is 0.221 e. The van der Waals surface area contributed by atoms with Crippen LogP contribution in [0.15, 0.2) is 0 Å². The van der Waals surface area contributed by atoms with Gasteiger partial charge in [0.15, 0.2) is 0 Å². The van der Waals surface area contributed by atoms with Gasteiger partial charge in [-0.2, -0.15) is 0 Å². The van der Waals surface area contributed by atoms with E-state index < -0.39 is 0 Å². The summed E-state index contributed by atoms with van der Waals surface area (Å²) in [5.41, 5.74) is 0.370. The second kappa shape index (κ2) is 4.52. The van der Waals surface area contributed by atoms with Crippen molar-refractivity contribution in [2.45, 2.75) is 63.5 Å². The van der Waals surface area contributed by atoms with Gasteiger partial charge in [-0.05, 0) is 38.5 Å². The normalized spacial score (nSPS) is 30.2. The van der Waals surface area contributed by atoms with E-state index in [9.17, 15) is 4.79 Å². The van der Waals surface area contributed by atoms with E-state index in [0.717, 1.165) is 19.4 Å². The summed E-state index contributed by atoms with van der Waals surface area (Å²) in [6.07, 6.45) is 8.06. The molecule has 1 heterocycles. The monoisotopic (exact) mass is 210 g/mol. The van der Waals surface area contributed by atoms with Crippen molar-refractivity contribution in [2.24, 2.45) is 0 Å². The molecule has 1 aliphatic carbocycles. The van der Waals surface area contributed by atoms with Crippen molar-refractivity contribution >= 4 is 5.91 Å². The fourth-order valence-corrected chi connectivity index (χ4v) is 2.73. The van der Waals surface area contributed by atoms with Crippen LogP contribution in [-0.4, -0.2) is 24.0 Å². The molecule has 3 nitrogen and oxygen atoms in total. The summed E-state index contributed by atoms with van der Waals surface area (Å²) < 4.78 is 0. The average molecular weight is 210 g/mol. The molecule has 2 rings (SSSR count). The summed E-state index contributed by atoms with van der Waals surface area (Å²) in [5.74, 6) is 0.218. The molecule has 15 heavy (non-hydrogen) atoms. The van der Waals surface area contributed by atoms with Crippen molar-refractivity contribution in [3.05, 3.63) is 0 Å². The summed E-state index contributed by atoms with van der Waals surface area (Å²) in [6, 6.07) is 0.410. The van der Waals surface area contributed by atoms with Gasteiger partial charge < -0.3 is 10.6 Å². The van der Waals surface area contributed by atoms with Crippen LogP contribution in [0.25, 0.3) is 0 Å². The predicted octanol–water partition coefficient (Wildman–Crippen LogP) is 1.58. The molecule has 0 radical (unpaired) electrons. The van der Waals surface area contributed by atoms with Gasteiger partial charge >= 0.3 is 0 Å². The lowest BCUT2D eigenvalue weighted by molar-refractivity contribution is -0.121. The molecule has 2 N–H and O–H groups in total. The first-order chi connectivity index (χ1) is 7.24. The van der Waals surface area contributed by atoms with E-state index in [-0.39, 0.29) is 5.91 Å². The fraction of sp³-hybridized carbons (Fsp3) is 0.917. The molecule has 2 fully saturated rings. The molecule has 1 amide bonds. The molecule has 3 heteroatoms. The number of hydrogen-bond acceptors (Lipinski definition) is 2. The van der Waals surface area contributed by atoms with E-state index in [4.69, 9.17) is 0 Å². The van der Waals surface area contributed by atoms with Crippen molar-refractivity contribution < 1.29 is 4.79 Å². The van der Waals surface area contributed by atoms with E-state index in [1.807, 2.05) is 0 Å². The molecule has 0 aromatic rings. The second-order valence-electron chi connectivity index (χ2n) is 5.03. The summed E-state index contributed by atoms with van der Waals surface area (Å²) in [7, 11) is 0. The topological polar surface area (TPSA) is 41.1 Å². The number of amides is 1. The Balaban J connectivity index is 1.89. The van der Waals surface area contributed by atoms with Crippen LogP contribution >= 0.6 is 0 Å². The molecule has 0 aromatic carbocycles. The van der Waals surface area contributed by atoms with Gasteiger partial charge in [0.2, 0.25) is 5.91 Å². The maximum absolute atomic E-state index is 11.4. The molecular formula is C12H22N2O. The quantitative estimate of drug-likeness (QED) is 0.742. The summed E-state index contributed by atoms with van der Waals surface area (Å²) in [4.78, 5) is 11.4. The van der Waals surface area contributed by atoms with Gasteiger partial charge in [-0.25, -0.2) is 0 Å². The average Bonchev–Trinajstić information content (AvgIpc) is 2.36. The predicted molar refractivity (Wildman–Crippen MR) is 60.7 cm³/mol. The molecular weight excluding hydrogens is 188 g/mol. The molecule has 2 aliphatic rings. The summed E-state index contributed by atoms with van der Waals surface area (Å²) >= 11 is 0. The molecule has 0 aromatic heterocycles. The van der Waals surface area contributed by atoms with Crippen molar-refractivity contribution in [1.82, 2.24) is 10.6 Å². The first kappa shape index (κ1) is 10.9. The third-order valence-corrected chi connectivity index (χ3v) is 3.98.